The lowest BCUT2D eigenvalue weighted by molar-refractivity contribution is -0.124. The first-order valence-electron chi connectivity index (χ1n) is 6.81. The van der Waals surface area contributed by atoms with Gasteiger partial charge in [0, 0.05) is 12.1 Å². The van der Waals surface area contributed by atoms with Crippen molar-refractivity contribution in [3.05, 3.63) is 23.8 Å². The average molecular weight is 295 g/mol. The molecule has 6 nitrogen and oxygen atoms in total. The van der Waals surface area contributed by atoms with Crippen LogP contribution in [-0.4, -0.2) is 36.7 Å². The molecule has 1 amide bonds. The molecule has 0 saturated heterocycles. The standard InChI is InChI=1S/C15H21NO5/c1-4-5-10(2)16-14(18)9-21-15(19)12-7-6-11(20-3)8-13(12)17/h6-8,10,17H,4-5,9H2,1-3H3,(H,16,18)/t10-/m0/s1. The number of phenols is 1. The molecule has 0 radical (unpaired) electrons. The van der Waals surface area contributed by atoms with E-state index in [4.69, 9.17) is 9.47 Å². The van der Waals surface area contributed by atoms with Crippen molar-refractivity contribution >= 4 is 11.9 Å². The number of ether oxygens (including phenoxy) is 2. The number of hydrogen-bond donors (Lipinski definition) is 2. The maximum atomic E-state index is 11.8. The van der Waals surface area contributed by atoms with Gasteiger partial charge in [0.2, 0.25) is 0 Å². The summed E-state index contributed by atoms with van der Waals surface area (Å²) in [5, 5.41) is 12.4. The Morgan fingerprint density at radius 3 is 2.67 bits per heavy atom. The van der Waals surface area contributed by atoms with Crippen molar-refractivity contribution in [1.82, 2.24) is 5.32 Å². The van der Waals surface area contributed by atoms with Crippen LogP contribution < -0.4 is 10.1 Å². The Morgan fingerprint density at radius 1 is 1.38 bits per heavy atom. The second kappa shape index (κ2) is 8.14. The summed E-state index contributed by atoms with van der Waals surface area (Å²) in [6.45, 7) is 3.53. The summed E-state index contributed by atoms with van der Waals surface area (Å²) in [4.78, 5) is 23.4. The van der Waals surface area contributed by atoms with Gasteiger partial charge in [-0.3, -0.25) is 4.79 Å². The molecule has 6 heteroatoms. The summed E-state index contributed by atoms with van der Waals surface area (Å²) in [5.74, 6) is -0.944. The molecule has 0 aliphatic carbocycles. The first-order valence-corrected chi connectivity index (χ1v) is 6.81. The fourth-order valence-electron chi connectivity index (χ4n) is 1.84. The van der Waals surface area contributed by atoms with Gasteiger partial charge in [-0.1, -0.05) is 13.3 Å². The first-order chi connectivity index (χ1) is 9.97. The highest BCUT2D eigenvalue weighted by atomic mass is 16.5. The van der Waals surface area contributed by atoms with E-state index >= 15 is 0 Å². The number of benzene rings is 1. The molecule has 0 heterocycles. The Labute approximate surface area is 124 Å². The third kappa shape index (κ3) is 5.33. The Kier molecular flexibility index (Phi) is 6.52. The summed E-state index contributed by atoms with van der Waals surface area (Å²) in [6.07, 6.45) is 1.82. The Bertz CT molecular complexity index is 501. The van der Waals surface area contributed by atoms with E-state index < -0.39 is 5.97 Å². The van der Waals surface area contributed by atoms with Gasteiger partial charge in [-0.05, 0) is 25.5 Å². The SMILES string of the molecule is CCC[C@H](C)NC(=O)COC(=O)c1ccc(OC)cc1O. The van der Waals surface area contributed by atoms with Gasteiger partial charge in [0.05, 0.1) is 7.11 Å². The molecule has 1 aromatic rings. The van der Waals surface area contributed by atoms with Crippen LogP contribution in [0, 0.1) is 0 Å². The smallest absolute Gasteiger partial charge is 0.342 e. The first kappa shape index (κ1) is 16.8. The normalized spacial score (nSPS) is 11.6. The van der Waals surface area contributed by atoms with Crippen molar-refractivity contribution in [1.29, 1.82) is 0 Å². The van der Waals surface area contributed by atoms with Crippen LogP contribution in [0.2, 0.25) is 0 Å². The fraction of sp³-hybridized carbons (Fsp3) is 0.467. The van der Waals surface area contributed by atoms with E-state index in [0.717, 1.165) is 12.8 Å². The number of hydrogen-bond acceptors (Lipinski definition) is 5. The number of esters is 1. The van der Waals surface area contributed by atoms with Crippen LogP contribution in [0.3, 0.4) is 0 Å². The van der Waals surface area contributed by atoms with Crippen molar-refractivity contribution < 1.29 is 24.2 Å². The molecule has 0 bridgehead atoms. The molecule has 0 aromatic heterocycles. The summed E-state index contributed by atoms with van der Waals surface area (Å²) in [5.41, 5.74) is -0.00907. The maximum absolute atomic E-state index is 11.8. The highest BCUT2D eigenvalue weighted by Gasteiger charge is 2.15. The largest absolute Gasteiger partial charge is 0.507 e. The number of aromatic hydroxyl groups is 1. The number of amides is 1. The molecule has 2 N–H and O–H groups in total. The van der Waals surface area contributed by atoms with Crippen molar-refractivity contribution in [2.75, 3.05) is 13.7 Å². The average Bonchev–Trinajstić information content (AvgIpc) is 2.44. The molecule has 0 unspecified atom stereocenters. The molecule has 0 spiro atoms. The van der Waals surface area contributed by atoms with Gasteiger partial charge < -0.3 is 19.9 Å². The van der Waals surface area contributed by atoms with Crippen LogP contribution in [0.15, 0.2) is 18.2 Å². The van der Waals surface area contributed by atoms with Crippen LogP contribution in [0.25, 0.3) is 0 Å². The minimum atomic E-state index is -0.756. The zero-order valence-corrected chi connectivity index (χ0v) is 12.5. The predicted molar refractivity (Wildman–Crippen MR) is 77.5 cm³/mol. The van der Waals surface area contributed by atoms with Crippen molar-refractivity contribution in [2.24, 2.45) is 0 Å². The van der Waals surface area contributed by atoms with E-state index in [0.29, 0.717) is 5.75 Å². The summed E-state index contributed by atoms with van der Waals surface area (Å²) in [6, 6.07) is 4.25. The van der Waals surface area contributed by atoms with E-state index in [1.807, 2.05) is 13.8 Å². The van der Waals surface area contributed by atoms with Crippen LogP contribution >= 0.6 is 0 Å². The Morgan fingerprint density at radius 2 is 2.10 bits per heavy atom. The van der Waals surface area contributed by atoms with Gasteiger partial charge >= 0.3 is 5.97 Å². The monoisotopic (exact) mass is 295 g/mol. The zero-order chi connectivity index (χ0) is 15.8. The molecular formula is C15H21NO5. The number of carbonyl (C=O) groups is 2. The number of nitrogens with one attached hydrogen (secondary N) is 1. The van der Waals surface area contributed by atoms with Gasteiger partial charge in [0.15, 0.2) is 6.61 Å². The second-order valence-electron chi connectivity index (χ2n) is 4.72. The van der Waals surface area contributed by atoms with E-state index in [1.54, 1.807) is 0 Å². The molecule has 1 atom stereocenters. The summed E-state index contributed by atoms with van der Waals surface area (Å²) < 4.78 is 9.79. The summed E-state index contributed by atoms with van der Waals surface area (Å²) >= 11 is 0. The third-order valence-corrected chi connectivity index (χ3v) is 2.89. The molecule has 0 fully saturated rings. The zero-order valence-electron chi connectivity index (χ0n) is 12.5. The minimum absolute atomic E-state index is 0.00907. The number of rotatable bonds is 7. The highest BCUT2D eigenvalue weighted by Crippen LogP contribution is 2.23. The van der Waals surface area contributed by atoms with Crippen LogP contribution in [0.1, 0.15) is 37.0 Å². The van der Waals surface area contributed by atoms with Crippen LogP contribution in [0.5, 0.6) is 11.5 Å². The second-order valence-corrected chi connectivity index (χ2v) is 4.72. The predicted octanol–water partition coefficient (Wildman–Crippen LogP) is 1.86. The van der Waals surface area contributed by atoms with Crippen LogP contribution in [0.4, 0.5) is 0 Å². The maximum Gasteiger partial charge on any atom is 0.342 e. The quantitative estimate of drug-likeness (QED) is 0.750. The number of phenolic OH excluding ortho intramolecular Hbond substituents is 1. The van der Waals surface area contributed by atoms with Gasteiger partial charge in [0.25, 0.3) is 5.91 Å². The Balaban J connectivity index is 2.52. The van der Waals surface area contributed by atoms with E-state index in [9.17, 15) is 14.7 Å². The van der Waals surface area contributed by atoms with Gasteiger partial charge in [-0.15, -0.1) is 0 Å². The van der Waals surface area contributed by atoms with Gasteiger partial charge in [0.1, 0.15) is 17.1 Å². The molecule has 0 aliphatic rings. The van der Waals surface area contributed by atoms with E-state index in [2.05, 4.69) is 5.32 Å². The molecule has 1 aromatic carbocycles. The third-order valence-electron chi connectivity index (χ3n) is 2.89. The number of methoxy groups -OCH3 is 1. The molecule has 0 aliphatic heterocycles. The van der Waals surface area contributed by atoms with E-state index in [1.165, 1.54) is 25.3 Å². The molecule has 116 valence electrons. The van der Waals surface area contributed by atoms with Crippen molar-refractivity contribution in [2.45, 2.75) is 32.7 Å². The molecular weight excluding hydrogens is 274 g/mol. The van der Waals surface area contributed by atoms with Gasteiger partial charge in [-0.2, -0.15) is 0 Å². The summed E-state index contributed by atoms with van der Waals surface area (Å²) in [7, 11) is 1.45. The minimum Gasteiger partial charge on any atom is -0.507 e. The van der Waals surface area contributed by atoms with E-state index in [-0.39, 0.29) is 29.9 Å². The molecule has 21 heavy (non-hydrogen) atoms. The number of carbonyl (C=O) groups excluding carboxylic acids is 2. The highest BCUT2D eigenvalue weighted by molar-refractivity contribution is 5.94. The Hall–Kier alpha value is -2.24. The molecule has 1 rings (SSSR count). The van der Waals surface area contributed by atoms with Crippen LogP contribution in [-0.2, 0) is 9.53 Å². The lowest BCUT2D eigenvalue weighted by atomic mass is 10.2. The van der Waals surface area contributed by atoms with Crippen molar-refractivity contribution in [3.63, 3.8) is 0 Å². The lowest BCUT2D eigenvalue weighted by Crippen LogP contribution is -2.35. The van der Waals surface area contributed by atoms with Crippen molar-refractivity contribution in [3.8, 4) is 11.5 Å². The lowest BCUT2D eigenvalue weighted by Gasteiger charge is -2.13. The molecule has 0 saturated carbocycles. The fourth-order valence-corrected chi connectivity index (χ4v) is 1.84. The van der Waals surface area contributed by atoms with Gasteiger partial charge in [-0.25, -0.2) is 4.79 Å². The topological polar surface area (TPSA) is 84.9 Å².